The summed E-state index contributed by atoms with van der Waals surface area (Å²) in [6.45, 7) is 2.77. The molecular weight excluding hydrogens is 250 g/mol. The summed E-state index contributed by atoms with van der Waals surface area (Å²) in [5.41, 5.74) is 0. The van der Waals surface area contributed by atoms with Crippen LogP contribution in [0.1, 0.15) is 17.7 Å². The van der Waals surface area contributed by atoms with E-state index in [1.807, 2.05) is 17.9 Å². The molecule has 1 aliphatic heterocycles. The molecule has 0 spiro atoms. The Morgan fingerprint density at radius 3 is 3.17 bits per heavy atom. The summed E-state index contributed by atoms with van der Waals surface area (Å²) in [5.74, 6) is -0.0135. The van der Waals surface area contributed by atoms with E-state index in [0.29, 0.717) is 6.42 Å². The number of aromatic nitrogens is 2. The van der Waals surface area contributed by atoms with E-state index in [1.54, 1.807) is 11.3 Å². The van der Waals surface area contributed by atoms with Crippen LogP contribution in [0, 0.1) is 6.92 Å². The first-order valence-electron chi connectivity index (χ1n) is 5.87. The predicted octanol–water partition coefficient (Wildman–Crippen LogP) is 2.05. The van der Waals surface area contributed by atoms with E-state index < -0.39 is 12.0 Å². The maximum absolute atomic E-state index is 11.2. The molecule has 2 aromatic rings. The second kappa shape index (κ2) is 4.20. The van der Waals surface area contributed by atoms with Crippen LogP contribution >= 0.6 is 11.3 Å². The van der Waals surface area contributed by atoms with Crippen molar-refractivity contribution in [1.29, 1.82) is 0 Å². The Bertz CT molecular complexity index is 610. The molecule has 5 nitrogen and oxygen atoms in total. The number of rotatable bonds is 2. The van der Waals surface area contributed by atoms with Crippen LogP contribution in [-0.4, -0.2) is 33.6 Å². The molecule has 6 heteroatoms. The molecule has 3 rings (SSSR count). The standard InChI is InChI=1S/C12H13N3O2S/c1-7-5-8-10(13-6-14-11(8)18-7)15-4-2-3-9(15)12(16)17/h5-6,9H,2-4H2,1H3,(H,16,17)/t9-/m1/s1. The van der Waals surface area contributed by atoms with Crippen molar-refractivity contribution in [3.8, 4) is 0 Å². The fraction of sp³-hybridized carbons (Fsp3) is 0.417. The summed E-state index contributed by atoms with van der Waals surface area (Å²) in [7, 11) is 0. The summed E-state index contributed by atoms with van der Waals surface area (Å²) in [6.07, 6.45) is 3.10. The number of hydrogen-bond acceptors (Lipinski definition) is 5. The fourth-order valence-corrected chi connectivity index (χ4v) is 3.31. The number of hydrogen-bond donors (Lipinski definition) is 1. The lowest BCUT2D eigenvalue weighted by Gasteiger charge is -2.22. The molecule has 0 aliphatic carbocycles. The molecule has 94 valence electrons. The SMILES string of the molecule is Cc1cc2c(N3CCC[C@@H]3C(=O)O)ncnc2s1. The third kappa shape index (κ3) is 1.73. The van der Waals surface area contributed by atoms with Crippen molar-refractivity contribution in [2.75, 3.05) is 11.4 Å². The van der Waals surface area contributed by atoms with Crippen molar-refractivity contribution in [2.24, 2.45) is 0 Å². The number of fused-ring (bicyclic) bond motifs is 1. The molecule has 18 heavy (non-hydrogen) atoms. The molecule has 1 fully saturated rings. The van der Waals surface area contributed by atoms with Gasteiger partial charge in [-0.2, -0.15) is 0 Å². The highest BCUT2D eigenvalue weighted by Crippen LogP contribution is 2.33. The van der Waals surface area contributed by atoms with E-state index in [4.69, 9.17) is 0 Å². The van der Waals surface area contributed by atoms with Gasteiger partial charge in [-0.3, -0.25) is 0 Å². The summed E-state index contributed by atoms with van der Waals surface area (Å²) in [4.78, 5) is 23.8. The third-order valence-corrected chi connectivity index (χ3v) is 4.20. The number of aliphatic carboxylic acids is 1. The Labute approximate surface area is 108 Å². The largest absolute Gasteiger partial charge is 0.480 e. The second-order valence-corrected chi connectivity index (χ2v) is 5.70. The van der Waals surface area contributed by atoms with Crippen molar-refractivity contribution in [1.82, 2.24) is 9.97 Å². The fourth-order valence-electron chi connectivity index (χ4n) is 2.47. The Morgan fingerprint density at radius 1 is 1.56 bits per heavy atom. The van der Waals surface area contributed by atoms with Gasteiger partial charge in [0, 0.05) is 11.4 Å². The molecule has 1 saturated heterocycles. The molecule has 3 heterocycles. The number of anilines is 1. The van der Waals surface area contributed by atoms with E-state index in [2.05, 4.69) is 9.97 Å². The molecule has 2 aromatic heterocycles. The van der Waals surface area contributed by atoms with Crippen LogP contribution in [0.5, 0.6) is 0 Å². The minimum atomic E-state index is -0.772. The Hall–Kier alpha value is -1.69. The lowest BCUT2D eigenvalue weighted by atomic mass is 10.2. The third-order valence-electron chi connectivity index (χ3n) is 3.24. The van der Waals surface area contributed by atoms with Gasteiger partial charge in [0.25, 0.3) is 0 Å². The first kappa shape index (κ1) is 11.4. The predicted molar refractivity (Wildman–Crippen MR) is 70.2 cm³/mol. The molecule has 0 radical (unpaired) electrons. The lowest BCUT2D eigenvalue weighted by Crippen LogP contribution is -2.36. The quantitative estimate of drug-likeness (QED) is 0.898. The molecule has 0 bridgehead atoms. The van der Waals surface area contributed by atoms with Gasteiger partial charge in [-0.25, -0.2) is 14.8 Å². The molecule has 0 aromatic carbocycles. The van der Waals surface area contributed by atoms with Crippen LogP contribution in [0.2, 0.25) is 0 Å². The number of carbonyl (C=O) groups is 1. The van der Waals surface area contributed by atoms with Crippen LogP contribution in [0.25, 0.3) is 10.2 Å². The van der Waals surface area contributed by atoms with Crippen molar-refractivity contribution in [3.63, 3.8) is 0 Å². The molecule has 1 N–H and O–H groups in total. The Kier molecular flexibility index (Phi) is 2.66. The van der Waals surface area contributed by atoms with Crippen LogP contribution in [-0.2, 0) is 4.79 Å². The number of nitrogens with zero attached hydrogens (tertiary/aromatic N) is 3. The van der Waals surface area contributed by atoms with Gasteiger partial charge >= 0.3 is 5.97 Å². The van der Waals surface area contributed by atoms with Gasteiger partial charge in [-0.15, -0.1) is 11.3 Å². The molecule has 0 amide bonds. The van der Waals surface area contributed by atoms with Crippen molar-refractivity contribution in [3.05, 3.63) is 17.3 Å². The molecule has 0 unspecified atom stereocenters. The number of carboxylic acids is 1. The summed E-state index contributed by atoms with van der Waals surface area (Å²) >= 11 is 1.61. The highest BCUT2D eigenvalue weighted by molar-refractivity contribution is 7.18. The molecule has 1 atom stereocenters. The smallest absolute Gasteiger partial charge is 0.326 e. The normalized spacial score (nSPS) is 19.6. The van der Waals surface area contributed by atoms with Gasteiger partial charge in [0.05, 0.1) is 5.39 Å². The van der Waals surface area contributed by atoms with Crippen molar-refractivity contribution < 1.29 is 9.90 Å². The first-order valence-corrected chi connectivity index (χ1v) is 6.69. The maximum Gasteiger partial charge on any atom is 0.326 e. The molecule has 0 saturated carbocycles. The maximum atomic E-state index is 11.2. The van der Waals surface area contributed by atoms with Gasteiger partial charge in [0.2, 0.25) is 0 Å². The number of thiophene rings is 1. The van der Waals surface area contributed by atoms with Crippen molar-refractivity contribution >= 4 is 33.3 Å². The van der Waals surface area contributed by atoms with Gasteiger partial charge < -0.3 is 10.0 Å². The van der Waals surface area contributed by atoms with Gasteiger partial charge in [0.15, 0.2) is 0 Å². The van der Waals surface area contributed by atoms with Crippen LogP contribution < -0.4 is 4.90 Å². The first-order chi connectivity index (χ1) is 8.66. The lowest BCUT2D eigenvalue weighted by molar-refractivity contribution is -0.138. The topological polar surface area (TPSA) is 66.3 Å². The van der Waals surface area contributed by atoms with E-state index in [0.717, 1.165) is 33.9 Å². The summed E-state index contributed by atoms with van der Waals surface area (Å²) in [5, 5.41) is 10.2. The van der Waals surface area contributed by atoms with Gasteiger partial charge in [0.1, 0.15) is 23.0 Å². The zero-order valence-electron chi connectivity index (χ0n) is 9.96. The molecule has 1 aliphatic rings. The zero-order chi connectivity index (χ0) is 12.7. The van der Waals surface area contributed by atoms with E-state index in [1.165, 1.54) is 6.33 Å². The minimum absolute atomic E-state index is 0.455. The van der Waals surface area contributed by atoms with E-state index in [9.17, 15) is 9.90 Å². The molecular formula is C12H13N3O2S. The monoisotopic (exact) mass is 263 g/mol. The zero-order valence-corrected chi connectivity index (χ0v) is 10.8. The summed E-state index contributed by atoms with van der Waals surface area (Å²) in [6, 6.07) is 1.58. The highest BCUT2D eigenvalue weighted by atomic mass is 32.1. The number of carboxylic acid groups (broad SMARTS) is 1. The average Bonchev–Trinajstić information content (AvgIpc) is 2.92. The second-order valence-electron chi connectivity index (χ2n) is 4.46. The Balaban J connectivity index is 2.11. The highest BCUT2D eigenvalue weighted by Gasteiger charge is 2.32. The Morgan fingerprint density at radius 2 is 2.39 bits per heavy atom. The van der Waals surface area contributed by atoms with Gasteiger partial charge in [-0.05, 0) is 25.8 Å². The van der Waals surface area contributed by atoms with Gasteiger partial charge in [-0.1, -0.05) is 0 Å². The van der Waals surface area contributed by atoms with E-state index in [-0.39, 0.29) is 0 Å². The van der Waals surface area contributed by atoms with Crippen LogP contribution in [0.3, 0.4) is 0 Å². The van der Waals surface area contributed by atoms with Crippen LogP contribution in [0.15, 0.2) is 12.4 Å². The van der Waals surface area contributed by atoms with E-state index >= 15 is 0 Å². The number of aryl methyl sites for hydroxylation is 1. The average molecular weight is 263 g/mol. The minimum Gasteiger partial charge on any atom is -0.480 e. The summed E-state index contributed by atoms with van der Waals surface area (Å²) < 4.78 is 0. The van der Waals surface area contributed by atoms with Crippen molar-refractivity contribution in [2.45, 2.75) is 25.8 Å². The van der Waals surface area contributed by atoms with Crippen LogP contribution in [0.4, 0.5) is 5.82 Å².